The topological polar surface area (TPSA) is 118 Å². The second kappa shape index (κ2) is 9.90. The molecule has 4 rings (SSSR count). The van der Waals surface area contributed by atoms with Gasteiger partial charge in [0.1, 0.15) is 11.6 Å². The second-order valence-electron chi connectivity index (χ2n) is 14.3. The standard InChI is InChI=1S/C32H48O7/c1-9-39-28(38)18(3)13-19(33)12-17(2)20-14-25(37)32(8)27-21(34)15-23-29(4,5)24(36)10-11-30(23,6)26(27)22(35)16-31(20,32)7/h17-18,20-21,23,25,34,37H,9-16H2,1-8H3/t17-,18?,20-,21+,23+,25+,30+,31-,32+/m1/s1. The van der Waals surface area contributed by atoms with Crippen molar-refractivity contribution in [1.82, 2.24) is 0 Å². The number of allylic oxidation sites excluding steroid dienone is 1. The molecule has 0 spiro atoms. The van der Waals surface area contributed by atoms with Crippen molar-refractivity contribution in [1.29, 1.82) is 0 Å². The van der Waals surface area contributed by atoms with Gasteiger partial charge in [-0.05, 0) is 54.9 Å². The van der Waals surface area contributed by atoms with E-state index in [9.17, 15) is 29.4 Å². The van der Waals surface area contributed by atoms with Crippen LogP contribution in [0.1, 0.15) is 100 Å². The van der Waals surface area contributed by atoms with Gasteiger partial charge in [-0.1, -0.05) is 48.5 Å². The molecular weight excluding hydrogens is 496 g/mol. The molecule has 0 aromatic carbocycles. The lowest BCUT2D eigenvalue weighted by atomic mass is 9.42. The Morgan fingerprint density at radius 2 is 1.67 bits per heavy atom. The monoisotopic (exact) mass is 544 g/mol. The quantitative estimate of drug-likeness (QED) is 0.449. The lowest BCUT2D eigenvalue weighted by Crippen LogP contribution is -2.60. The molecule has 2 N–H and O–H groups in total. The van der Waals surface area contributed by atoms with Crippen molar-refractivity contribution < 1.29 is 34.1 Å². The molecule has 2 fully saturated rings. The Balaban J connectivity index is 1.68. The van der Waals surface area contributed by atoms with Gasteiger partial charge in [0.05, 0.1) is 24.7 Å². The molecular formula is C32H48O7. The number of hydrogen-bond donors (Lipinski definition) is 2. The molecule has 4 aliphatic carbocycles. The lowest BCUT2D eigenvalue weighted by molar-refractivity contribution is -0.149. The fourth-order valence-corrected chi connectivity index (χ4v) is 9.48. The largest absolute Gasteiger partial charge is 0.466 e. The van der Waals surface area contributed by atoms with Crippen LogP contribution in [-0.4, -0.2) is 52.3 Å². The van der Waals surface area contributed by atoms with E-state index >= 15 is 0 Å². The molecule has 0 amide bonds. The number of aliphatic hydroxyl groups excluding tert-OH is 2. The smallest absolute Gasteiger partial charge is 0.309 e. The van der Waals surface area contributed by atoms with Crippen LogP contribution in [0.4, 0.5) is 0 Å². The maximum Gasteiger partial charge on any atom is 0.309 e. The van der Waals surface area contributed by atoms with Crippen molar-refractivity contribution in [3.8, 4) is 0 Å². The van der Waals surface area contributed by atoms with Gasteiger partial charge in [-0.25, -0.2) is 0 Å². The van der Waals surface area contributed by atoms with Crippen molar-refractivity contribution in [3.05, 3.63) is 11.1 Å². The predicted molar refractivity (Wildman–Crippen MR) is 146 cm³/mol. The van der Waals surface area contributed by atoms with E-state index in [0.29, 0.717) is 36.8 Å². The summed E-state index contributed by atoms with van der Waals surface area (Å²) < 4.78 is 5.05. The van der Waals surface area contributed by atoms with E-state index in [2.05, 4.69) is 6.92 Å². The summed E-state index contributed by atoms with van der Waals surface area (Å²) in [6.07, 6.45) is 0.738. The van der Waals surface area contributed by atoms with Crippen LogP contribution in [0.15, 0.2) is 11.1 Å². The number of esters is 1. The Kier molecular flexibility index (Phi) is 7.64. The molecule has 218 valence electrons. The van der Waals surface area contributed by atoms with Crippen molar-refractivity contribution in [3.63, 3.8) is 0 Å². The van der Waals surface area contributed by atoms with E-state index < -0.39 is 39.8 Å². The van der Waals surface area contributed by atoms with Gasteiger partial charge in [0, 0.05) is 47.5 Å². The Bertz CT molecular complexity index is 1100. The summed E-state index contributed by atoms with van der Waals surface area (Å²) in [5, 5.41) is 23.4. The average molecular weight is 545 g/mol. The van der Waals surface area contributed by atoms with E-state index in [1.54, 1.807) is 13.8 Å². The molecule has 9 atom stereocenters. The molecule has 2 saturated carbocycles. The molecule has 39 heavy (non-hydrogen) atoms. The summed E-state index contributed by atoms with van der Waals surface area (Å²) in [7, 11) is 0. The van der Waals surface area contributed by atoms with Crippen molar-refractivity contribution in [2.75, 3.05) is 6.61 Å². The van der Waals surface area contributed by atoms with Gasteiger partial charge in [0.2, 0.25) is 0 Å². The number of hydrogen-bond acceptors (Lipinski definition) is 7. The highest BCUT2D eigenvalue weighted by molar-refractivity contribution is 6.01. The third-order valence-electron chi connectivity index (χ3n) is 11.8. The van der Waals surface area contributed by atoms with Crippen LogP contribution in [0.3, 0.4) is 0 Å². The van der Waals surface area contributed by atoms with Crippen LogP contribution in [-0.2, 0) is 23.9 Å². The number of Topliss-reactive ketones (excluding diaryl/α,β-unsaturated/α-hetero) is 3. The molecule has 0 saturated heterocycles. The lowest BCUT2D eigenvalue weighted by Gasteiger charge is -2.61. The van der Waals surface area contributed by atoms with Crippen LogP contribution in [0.2, 0.25) is 0 Å². The SMILES string of the molecule is CCOC(=O)C(C)CC(=O)C[C@@H](C)[C@H]1C[C@H](O)[C@@]2(C)C3=C(C(=O)C[C@]12C)[C@@]1(C)CCC(=O)C(C)(C)[C@@H]1C[C@@H]3O. The molecule has 0 aromatic heterocycles. The molecule has 0 heterocycles. The summed E-state index contributed by atoms with van der Waals surface area (Å²) in [6.45, 7) is 15.7. The molecule has 0 aromatic rings. The maximum atomic E-state index is 14.1. The van der Waals surface area contributed by atoms with Crippen LogP contribution in [0.25, 0.3) is 0 Å². The Hall–Kier alpha value is -1.86. The molecule has 0 aliphatic heterocycles. The zero-order chi connectivity index (χ0) is 29.3. The summed E-state index contributed by atoms with van der Waals surface area (Å²) in [5.74, 6) is -1.10. The van der Waals surface area contributed by atoms with Gasteiger partial charge in [0.25, 0.3) is 0 Å². The molecule has 4 aliphatic rings. The number of fused-ring (bicyclic) bond motifs is 4. The zero-order valence-electron chi connectivity index (χ0n) is 25.1. The minimum Gasteiger partial charge on any atom is -0.466 e. The minimum absolute atomic E-state index is 0.00920. The van der Waals surface area contributed by atoms with Crippen LogP contribution < -0.4 is 0 Å². The van der Waals surface area contributed by atoms with Gasteiger partial charge < -0.3 is 14.9 Å². The number of ether oxygens (including phenoxy) is 1. The van der Waals surface area contributed by atoms with Gasteiger partial charge in [-0.2, -0.15) is 0 Å². The predicted octanol–water partition coefficient (Wildman–Crippen LogP) is 4.61. The highest BCUT2D eigenvalue weighted by Crippen LogP contribution is 2.71. The van der Waals surface area contributed by atoms with Gasteiger partial charge in [-0.15, -0.1) is 0 Å². The van der Waals surface area contributed by atoms with Gasteiger partial charge in [-0.3, -0.25) is 19.2 Å². The van der Waals surface area contributed by atoms with Crippen LogP contribution >= 0.6 is 0 Å². The van der Waals surface area contributed by atoms with Gasteiger partial charge >= 0.3 is 5.97 Å². The Morgan fingerprint density at radius 3 is 2.28 bits per heavy atom. The number of rotatable bonds is 7. The summed E-state index contributed by atoms with van der Waals surface area (Å²) in [5.41, 5.74) is -1.31. The maximum absolute atomic E-state index is 14.1. The summed E-state index contributed by atoms with van der Waals surface area (Å²) in [6, 6.07) is 0. The summed E-state index contributed by atoms with van der Waals surface area (Å²) in [4.78, 5) is 52.0. The first-order valence-electron chi connectivity index (χ1n) is 14.8. The molecule has 0 radical (unpaired) electrons. The third kappa shape index (κ3) is 4.29. The van der Waals surface area contributed by atoms with Crippen molar-refractivity contribution in [2.24, 2.45) is 45.3 Å². The van der Waals surface area contributed by atoms with E-state index in [1.807, 2.05) is 34.6 Å². The first-order valence-corrected chi connectivity index (χ1v) is 14.8. The van der Waals surface area contributed by atoms with Crippen molar-refractivity contribution in [2.45, 2.75) is 113 Å². The van der Waals surface area contributed by atoms with Crippen LogP contribution in [0, 0.1) is 45.3 Å². The number of ketones is 3. The third-order valence-corrected chi connectivity index (χ3v) is 11.8. The highest BCUT2D eigenvalue weighted by atomic mass is 16.5. The van der Waals surface area contributed by atoms with E-state index in [0.717, 1.165) is 0 Å². The number of aliphatic hydroxyl groups is 2. The average Bonchev–Trinajstić information content (AvgIpc) is 3.04. The summed E-state index contributed by atoms with van der Waals surface area (Å²) >= 11 is 0. The first kappa shape index (κ1) is 30.1. The van der Waals surface area contributed by atoms with Crippen molar-refractivity contribution >= 4 is 23.3 Å². The Labute approximate surface area is 233 Å². The number of carbonyl (C=O) groups is 4. The molecule has 7 heteroatoms. The molecule has 1 unspecified atom stereocenters. The Morgan fingerprint density at radius 1 is 1.03 bits per heavy atom. The minimum atomic E-state index is -0.910. The normalized spacial score (nSPS) is 40.9. The fraction of sp³-hybridized carbons (Fsp3) is 0.812. The van der Waals surface area contributed by atoms with Gasteiger partial charge in [0.15, 0.2) is 5.78 Å². The second-order valence-corrected chi connectivity index (χ2v) is 14.3. The fourth-order valence-electron chi connectivity index (χ4n) is 9.48. The van der Waals surface area contributed by atoms with E-state index in [1.165, 1.54) is 0 Å². The first-order chi connectivity index (χ1) is 18.0. The zero-order valence-corrected chi connectivity index (χ0v) is 25.1. The van der Waals surface area contributed by atoms with E-state index in [-0.39, 0.29) is 66.9 Å². The number of carbonyl (C=O) groups excluding carboxylic acids is 4. The van der Waals surface area contributed by atoms with Crippen LogP contribution in [0.5, 0.6) is 0 Å². The highest BCUT2D eigenvalue weighted by Gasteiger charge is 2.70. The molecule has 7 nitrogen and oxygen atoms in total. The molecule has 0 bridgehead atoms. The van der Waals surface area contributed by atoms with E-state index in [4.69, 9.17) is 4.74 Å².